The van der Waals surface area contributed by atoms with Crippen molar-refractivity contribution in [3.05, 3.63) is 35.5 Å². The van der Waals surface area contributed by atoms with E-state index in [9.17, 15) is 17.8 Å². The van der Waals surface area contributed by atoms with E-state index in [1.165, 1.54) is 0 Å². The predicted molar refractivity (Wildman–Crippen MR) is 144 cm³/mol. The van der Waals surface area contributed by atoms with Crippen LogP contribution in [0.4, 0.5) is 8.78 Å². The molecular weight excluding hydrogens is 524 g/mol. The van der Waals surface area contributed by atoms with Crippen LogP contribution in [0.15, 0.2) is 29.2 Å². The van der Waals surface area contributed by atoms with Crippen LogP contribution in [0.1, 0.15) is 48.3 Å². The molecule has 0 bridgehead atoms. The molecule has 39 heavy (non-hydrogen) atoms. The molecule has 0 saturated carbocycles. The number of halogens is 2. The van der Waals surface area contributed by atoms with E-state index in [-0.39, 0.29) is 36.6 Å². The Morgan fingerprint density at radius 3 is 2.69 bits per heavy atom. The molecule has 6 rings (SSSR count). The van der Waals surface area contributed by atoms with Crippen LogP contribution in [0.2, 0.25) is 0 Å². The fourth-order valence-electron chi connectivity index (χ4n) is 6.67. The summed E-state index contributed by atoms with van der Waals surface area (Å²) in [5, 5.41) is 4.95. The van der Waals surface area contributed by atoms with Crippen LogP contribution in [0, 0.1) is 5.92 Å². The molecule has 1 aromatic heterocycles. The molecule has 4 aliphatic heterocycles. The van der Waals surface area contributed by atoms with Crippen LogP contribution in [0.3, 0.4) is 0 Å². The fraction of sp³-hybridized carbons (Fsp3) is 0.643. The van der Waals surface area contributed by atoms with Crippen molar-refractivity contribution in [1.29, 1.82) is 0 Å². The highest BCUT2D eigenvalue weighted by molar-refractivity contribution is 7.84. The minimum absolute atomic E-state index is 0.00788. The van der Waals surface area contributed by atoms with Gasteiger partial charge in [0.2, 0.25) is 0 Å². The number of carbonyl (C=O) groups is 1. The lowest BCUT2D eigenvalue weighted by Crippen LogP contribution is -2.49. The monoisotopic (exact) mass is 561 g/mol. The van der Waals surface area contributed by atoms with Gasteiger partial charge in [0, 0.05) is 61.7 Å². The first-order chi connectivity index (χ1) is 18.8. The second-order valence-electron chi connectivity index (χ2n) is 11.5. The van der Waals surface area contributed by atoms with E-state index in [1.807, 2.05) is 40.8 Å². The molecule has 2 aromatic rings. The van der Waals surface area contributed by atoms with E-state index < -0.39 is 16.7 Å². The van der Waals surface area contributed by atoms with Gasteiger partial charge in [0.05, 0.1) is 48.0 Å². The van der Waals surface area contributed by atoms with Gasteiger partial charge in [0.15, 0.2) is 5.69 Å². The van der Waals surface area contributed by atoms with E-state index in [2.05, 4.69) is 4.90 Å². The van der Waals surface area contributed by atoms with Gasteiger partial charge in [-0.05, 0) is 31.4 Å². The number of fused-ring (bicyclic) bond motifs is 3. The van der Waals surface area contributed by atoms with Gasteiger partial charge in [0.25, 0.3) is 11.8 Å². The Morgan fingerprint density at radius 2 is 1.90 bits per heavy atom. The highest BCUT2D eigenvalue weighted by atomic mass is 32.2. The summed E-state index contributed by atoms with van der Waals surface area (Å²) in [6.45, 7) is 7.49. The quantitative estimate of drug-likeness (QED) is 0.558. The third-order valence-corrected chi connectivity index (χ3v) is 9.80. The number of benzene rings is 1. The highest BCUT2D eigenvalue weighted by Crippen LogP contribution is 2.40. The van der Waals surface area contributed by atoms with E-state index in [0.29, 0.717) is 45.1 Å². The van der Waals surface area contributed by atoms with Crippen LogP contribution in [-0.4, -0.2) is 106 Å². The van der Waals surface area contributed by atoms with Crippen molar-refractivity contribution in [1.82, 2.24) is 24.5 Å². The second kappa shape index (κ2) is 11.0. The molecule has 3 unspecified atom stereocenters. The number of hydrogen-bond donors (Lipinski definition) is 0. The Balaban J connectivity index is 1.27. The molecule has 8 nitrogen and oxygen atoms in total. The van der Waals surface area contributed by atoms with Crippen LogP contribution in [0.25, 0.3) is 11.3 Å². The zero-order valence-corrected chi connectivity index (χ0v) is 23.3. The number of alkyl halides is 2. The summed E-state index contributed by atoms with van der Waals surface area (Å²) in [6.07, 6.45) is 1.85. The molecule has 212 valence electrons. The maximum Gasteiger partial charge on any atom is 0.274 e. The van der Waals surface area contributed by atoms with E-state index >= 15 is 0 Å². The molecular formula is C28H37F2N5O3S. The summed E-state index contributed by atoms with van der Waals surface area (Å²) in [6, 6.07) is 7.76. The van der Waals surface area contributed by atoms with Gasteiger partial charge in [0.1, 0.15) is 0 Å². The summed E-state index contributed by atoms with van der Waals surface area (Å²) < 4.78 is 48.9. The zero-order valence-electron chi connectivity index (χ0n) is 22.5. The van der Waals surface area contributed by atoms with Crippen LogP contribution < -0.4 is 0 Å². The minimum Gasteiger partial charge on any atom is -0.378 e. The summed E-state index contributed by atoms with van der Waals surface area (Å²) in [7, 11) is -1.25. The molecule has 1 amide bonds. The van der Waals surface area contributed by atoms with Gasteiger partial charge in [-0.25, -0.2) is 8.78 Å². The second-order valence-corrected chi connectivity index (χ2v) is 12.9. The van der Waals surface area contributed by atoms with Gasteiger partial charge >= 0.3 is 0 Å². The molecule has 3 saturated heterocycles. The first kappa shape index (κ1) is 27.0. The third kappa shape index (κ3) is 5.55. The first-order valence-electron chi connectivity index (χ1n) is 14.1. The standard InChI is InChI=1S/C28H37F2N5O3S/c1-20-15-28(29,30)19-33(16-20)10-9-32-8-4-5-21(17-32)35-26-22-6-2-3-7-24(22)39(37)18-23(26)25(31-35)27(36)34-11-13-38-14-12-34/h2-3,6-7,20-21H,4-5,8-19H2,1H3. The number of hydrogen-bond acceptors (Lipinski definition) is 6. The Morgan fingerprint density at radius 1 is 1.13 bits per heavy atom. The number of nitrogens with zero attached hydrogens (tertiary/aromatic N) is 5. The summed E-state index contributed by atoms with van der Waals surface area (Å²) in [5.41, 5.74) is 2.95. The maximum absolute atomic E-state index is 14.1. The number of morpholine rings is 1. The van der Waals surface area contributed by atoms with Crippen LogP contribution >= 0.6 is 0 Å². The van der Waals surface area contributed by atoms with Crippen molar-refractivity contribution < 1.29 is 22.5 Å². The first-order valence-corrected chi connectivity index (χ1v) is 15.4. The number of aromatic nitrogens is 2. The predicted octanol–water partition coefficient (Wildman–Crippen LogP) is 3.26. The average Bonchev–Trinajstić information content (AvgIpc) is 3.31. The Kier molecular flexibility index (Phi) is 7.60. The SMILES string of the molecule is CC1CN(CCN2CCCC(n3nc(C(=O)N4CCOCC4)c4c3-c3ccccc3S(=O)C4)C2)CC(F)(F)C1. The lowest BCUT2D eigenvalue weighted by molar-refractivity contribution is -0.0829. The molecule has 3 fully saturated rings. The van der Waals surface area contributed by atoms with Crippen molar-refractivity contribution in [2.75, 3.05) is 65.6 Å². The lowest BCUT2D eigenvalue weighted by Gasteiger charge is -2.39. The molecule has 1 aromatic carbocycles. The lowest BCUT2D eigenvalue weighted by atomic mass is 9.97. The zero-order chi connectivity index (χ0) is 27.1. The smallest absolute Gasteiger partial charge is 0.274 e. The summed E-state index contributed by atoms with van der Waals surface area (Å²) >= 11 is 0. The van der Waals surface area contributed by atoms with E-state index in [4.69, 9.17) is 9.84 Å². The fourth-order valence-corrected chi connectivity index (χ4v) is 8.00. The highest BCUT2D eigenvalue weighted by Gasteiger charge is 2.39. The van der Waals surface area contributed by atoms with E-state index in [0.717, 1.165) is 54.2 Å². The van der Waals surface area contributed by atoms with E-state index in [1.54, 1.807) is 4.90 Å². The Bertz CT molecular complexity index is 1250. The molecule has 0 radical (unpaired) electrons. The van der Waals surface area contributed by atoms with Crippen LogP contribution in [0.5, 0.6) is 0 Å². The van der Waals surface area contributed by atoms with Gasteiger partial charge in [-0.2, -0.15) is 5.10 Å². The van der Waals surface area contributed by atoms with Crippen molar-refractivity contribution in [3.63, 3.8) is 0 Å². The average molecular weight is 562 g/mol. The normalized spacial score (nSPS) is 27.7. The Hall–Kier alpha value is -2.21. The third-order valence-electron chi connectivity index (χ3n) is 8.40. The van der Waals surface area contributed by atoms with Crippen LogP contribution in [-0.2, 0) is 21.3 Å². The van der Waals surface area contributed by atoms with Crippen molar-refractivity contribution in [2.45, 2.75) is 48.8 Å². The minimum atomic E-state index is -2.62. The number of rotatable bonds is 5. The van der Waals surface area contributed by atoms with Crippen molar-refractivity contribution >= 4 is 16.7 Å². The van der Waals surface area contributed by atoms with Gasteiger partial charge in [-0.1, -0.05) is 25.1 Å². The maximum atomic E-state index is 14.1. The van der Waals surface area contributed by atoms with Gasteiger partial charge < -0.3 is 9.64 Å². The molecule has 0 spiro atoms. The Labute approximate surface area is 230 Å². The summed E-state index contributed by atoms with van der Waals surface area (Å²) in [5.74, 6) is -2.48. The summed E-state index contributed by atoms with van der Waals surface area (Å²) in [4.78, 5) is 20.4. The molecule has 3 atom stereocenters. The van der Waals surface area contributed by atoms with Gasteiger partial charge in [-0.3, -0.25) is 23.5 Å². The topological polar surface area (TPSA) is 70.9 Å². The molecule has 0 aliphatic carbocycles. The number of piperidine rings is 2. The number of ether oxygens (including phenoxy) is 1. The van der Waals surface area contributed by atoms with Crippen molar-refractivity contribution in [3.8, 4) is 11.3 Å². The van der Waals surface area contributed by atoms with Crippen molar-refractivity contribution in [2.24, 2.45) is 5.92 Å². The molecule has 5 heterocycles. The molecule has 4 aliphatic rings. The number of amides is 1. The molecule has 11 heteroatoms. The largest absolute Gasteiger partial charge is 0.378 e. The number of likely N-dealkylation sites (tertiary alicyclic amines) is 2. The molecule has 0 N–H and O–H groups in total. The number of carbonyl (C=O) groups excluding carboxylic acids is 1. The van der Waals surface area contributed by atoms with Gasteiger partial charge in [-0.15, -0.1) is 0 Å².